The van der Waals surface area contributed by atoms with Crippen molar-refractivity contribution in [2.24, 2.45) is 10.1 Å². The molecule has 3 rings (SSSR count). The third-order valence-electron chi connectivity index (χ3n) is 3.54. The Morgan fingerprint density at radius 2 is 2.10 bits per heavy atom. The summed E-state index contributed by atoms with van der Waals surface area (Å²) in [6.45, 7) is 2.73. The van der Waals surface area contributed by atoms with Gasteiger partial charge in [0.25, 0.3) is 0 Å². The molecule has 0 bridgehead atoms. The van der Waals surface area contributed by atoms with Gasteiger partial charge in [-0.25, -0.2) is 5.01 Å². The Kier molecular flexibility index (Phi) is 3.31. The lowest BCUT2D eigenvalue weighted by Crippen LogP contribution is -2.27. The maximum absolute atomic E-state index is 12.8. The third kappa shape index (κ3) is 2.70. The summed E-state index contributed by atoms with van der Waals surface area (Å²) < 4.78 is 38.3. The van der Waals surface area contributed by atoms with E-state index in [1.807, 2.05) is 6.92 Å². The number of amidine groups is 1. The molecule has 1 atom stereocenters. The van der Waals surface area contributed by atoms with Gasteiger partial charge in [0.15, 0.2) is 0 Å². The Labute approximate surface area is 120 Å². The zero-order valence-corrected chi connectivity index (χ0v) is 11.4. The number of rotatable bonds is 2. The van der Waals surface area contributed by atoms with Crippen molar-refractivity contribution in [2.45, 2.75) is 25.6 Å². The Morgan fingerprint density at radius 3 is 2.81 bits per heavy atom. The summed E-state index contributed by atoms with van der Waals surface area (Å²) in [6.07, 6.45) is 0.0892. The predicted octanol–water partition coefficient (Wildman–Crippen LogP) is 3.47. The normalized spacial score (nSPS) is 21.1. The minimum absolute atomic E-state index is 0.203. The minimum atomic E-state index is -4.34. The second kappa shape index (κ2) is 5.02. The van der Waals surface area contributed by atoms with Crippen molar-refractivity contribution in [1.29, 1.82) is 0 Å². The topological polar surface area (TPSA) is 28.0 Å². The van der Waals surface area contributed by atoms with Crippen LogP contribution in [0.2, 0.25) is 0 Å². The van der Waals surface area contributed by atoms with Gasteiger partial charge in [-0.1, -0.05) is 19.1 Å². The fourth-order valence-corrected chi connectivity index (χ4v) is 2.35. The zero-order chi connectivity index (χ0) is 15.0. The van der Waals surface area contributed by atoms with Crippen LogP contribution >= 0.6 is 0 Å². The van der Waals surface area contributed by atoms with Crippen LogP contribution in [0.4, 0.5) is 13.2 Å². The smallest absolute Gasteiger partial charge is 0.262 e. The van der Waals surface area contributed by atoms with Gasteiger partial charge in [-0.15, -0.1) is 0 Å². The summed E-state index contributed by atoms with van der Waals surface area (Å²) in [6, 6.07) is 5.42. The molecule has 0 N–H and O–H groups in total. The summed E-state index contributed by atoms with van der Waals surface area (Å²) in [4.78, 5) is 4.48. The van der Waals surface area contributed by atoms with E-state index in [9.17, 15) is 13.2 Å². The average Bonchev–Trinajstić information content (AvgIpc) is 2.88. The fraction of sp³-hybridized carbons (Fsp3) is 0.333. The predicted molar refractivity (Wildman–Crippen MR) is 75.3 cm³/mol. The van der Waals surface area contributed by atoms with E-state index in [4.69, 9.17) is 0 Å². The number of hydrogen-bond acceptors (Lipinski definition) is 3. The van der Waals surface area contributed by atoms with Crippen molar-refractivity contribution in [3.8, 4) is 0 Å². The number of benzene rings is 1. The van der Waals surface area contributed by atoms with E-state index >= 15 is 0 Å². The van der Waals surface area contributed by atoms with Crippen molar-refractivity contribution >= 4 is 11.5 Å². The summed E-state index contributed by atoms with van der Waals surface area (Å²) in [5.41, 5.74) is 0.320. The van der Waals surface area contributed by atoms with Crippen LogP contribution in [0.25, 0.3) is 0 Å². The van der Waals surface area contributed by atoms with Crippen molar-refractivity contribution in [3.63, 3.8) is 0 Å². The average molecular weight is 293 g/mol. The standard InChI is InChI=1S/C15H14F3N3/c1-2-12-9-21-14(19-12)7-6-13(20-21)10-4-3-5-11(8-10)15(16,17)18/h3-8,12H,2,9H2,1H3. The van der Waals surface area contributed by atoms with Crippen molar-refractivity contribution in [3.05, 3.63) is 47.5 Å². The van der Waals surface area contributed by atoms with E-state index in [-0.39, 0.29) is 6.04 Å². The van der Waals surface area contributed by atoms with E-state index in [1.165, 1.54) is 6.07 Å². The molecule has 1 aromatic rings. The van der Waals surface area contributed by atoms with E-state index in [1.54, 1.807) is 23.2 Å². The molecule has 0 spiro atoms. The molecule has 1 aromatic carbocycles. The largest absolute Gasteiger partial charge is 0.416 e. The van der Waals surface area contributed by atoms with Gasteiger partial charge >= 0.3 is 6.18 Å². The van der Waals surface area contributed by atoms with Crippen molar-refractivity contribution in [2.75, 3.05) is 6.54 Å². The summed E-state index contributed by atoms with van der Waals surface area (Å²) >= 11 is 0. The number of fused-ring (bicyclic) bond motifs is 1. The number of aliphatic imine (C=N–C) groups is 1. The van der Waals surface area contributed by atoms with E-state index in [0.717, 1.165) is 24.4 Å². The quantitative estimate of drug-likeness (QED) is 0.820. The Bertz CT molecular complexity index is 644. The lowest BCUT2D eigenvalue weighted by molar-refractivity contribution is -0.137. The monoisotopic (exact) mass is 293 g/mol. The van der Waals surface area contributed by atoms with Crippen LogP contribution in [0.5, 0.6) is 0 Å². The van der Waals surface area contributed by atoms with E-state index in [0.29, 0.717) is 17.8 Å². The van der Waals surface area contributed by atoms with Crippen molar-refractivity contribution < 1.29 is 13.2 Å². The fourth-order valence-electron chi connectivity index (χ4n) is 2.35. The highest BCUT2D eigenvalue weighted by Gasteiger charge is 2.31. The molecule has 3 nitrogen and oxygen atoms in total. The van der Waals surface area contributed by atoms with Gasteiger partial charge in [0, 0.05) is 5.56 Å². The molecule has 2 heterocycles. The van der Waals surface area contributed by atoms with Crippen molar-refractivity contribution in [1.82, 2.24) is 5.01 Å². The minimum Gasteiger partial charge on any atom is -0.262 e. The molecule has 2 aliphatic rings. The van der Waals surface area contributed by atoms with Gasteiger partial charge in [0.2, 0.25) is 0 Å². The van der Waals surface area contributed by atoms with Crippen LogP contribution in [0, 0.1) is 0 Å². The highest BCUT2D eigenvalue weighted by atomic mass is 19.4. The SMILES string of the molecule is CCC1CN2N=C(c3cccc(C(F)(F)F)c3)C=CC2=N1. The molecule has 1 unspecified atom stereocenters. The van der Waals surface area contributed by atoms with Gasteiger partial charge in [0.05, 0.1) is 23.9 Å². The van der Waals surface area contributed by atoms with Gasteiger partial charge in [-0.05, 0) is 30.7 Å². The lowest BCUT2D eigenvalue weighted by atomic mass is 10.1. The molecule has 0 fully saturated rings. The first-order valence-electron chi connectivity index (χ1n) is 6.77. The second-order valence-electron chi connectivity index (χ2n) is 5.03. The van der Waals surface area contributed by atoms with Gasteiger partial charge in [-0.3, -0.25) is 4.99 Å². The molecular weight excluding hydrogens is 279 g/mol. The first-order chi connectivity index (χ1) is 9.97. The lowest BCUT2D eigenvalue weighted by Gasteiger charge is -2.18. The summed E-state index contributed by atoms with van der Waals surface area (Å²) in [5.74, 6) is 0.776. The highest BCUT2D eigenvalue weighted by Crippen LogP contribution is 2.30. The number of hydrogen-bond donors (Lipinski definition) is 0. The second-order valence-corrected chi connectivity index (χ2v) is 5.03. The van der Waals surface area contributed by atoms with Crippen LogP contribution < -0.4 is 0 Å². The van der Waals surface area contributed by atoms with Gasteiger partial charge < -0.3 is 0 Å². The first-order valence-corrected chi connectivity index (χ1v) is 6.77. The van der Waals surface area contributed by atoms with E-state index < -0.39 is 11.7 Å². The molecule has 0 saturated carbocycles. The summed E-state index contributed by atoms with van der Waals surface area (Å²) in [5, 5.41) is 6.15. The first kappa shape index (κ1) is 13.9. The summed E-state index contributed by atoms with van der Waals surface area (Å²) in [7, 11) is 0. The van der Waals surface area contributed by atoms with Crippen LogP contribution in [-0.2, 0) is 6.18 Å². The molecule has 2 aliphatic heterocycles. The molecule has 0 radical (unpaired) electrons. The maximum atomic E-state index is 12.8. The molecule has 110 valence electrons. The Balaban J connectivity index is 1.90. The number of alkyl halides is 3. The molecule has 0 aliphatic carbocycles. The van der Waals surface area contributed by atoms with Crippen LogP contribution in [-0.4, -0.2) is 29.1 Å². The number of allylic oxidation sites excluding steroid dienone is 1. The molecule has 6 heteroatoms. The maximum Gasteiger partial charge on any atom is 0.416 e. The Morgan fingerprint density at radius 1 is 1.29 bits per heavy atom. The van der Waals surface area contributed by atoms with E-state index in [2.05, 4.69) is 10.1 Å². The van der Waals surface area contributed by atoms with Crippen LogP contribution in [0.15, 0.2) is 46.5 Å². The molecule has 0 saturated heterocycles. The molecular formula is C15H14F3N3. The van der Waals surface area contributed by atoms with Crippen LogP contribution in [0.3, 0.4) is 0 Å². The highest BCUT2D eigenvalue weighted by molar-refractivity contribution is 6.14. The zero-order valence-electron chi connectivity index (χ0n) is 11.4. The number of nitrogens with zero attached hydrogens (tertiary/aromatic N) is 3. The molecule has 21 heavy (non-hydrogen) atoms. The molecule has 0 aromatic heterocycles. The number of halogens is 3. The van der Waals surface area contributed by atoms with Gasteiger partial charge in [-0.2, -0.15) is 18.3 Å². The number of hydrazone groups is 1. The van der Waals surface area contributed by atoms with Crippen LogP contribution in [0.1, 0.15) is 24.5 Å². The van der Waals surface area contributed by atoms with Gasteiger partial charge in [0.1, 0.15) is 5.84 Å². The third-order valence-corrected chi connectivity index (χ3v) is 3.54. The molecule has 0 amide bonds. The Hall–Kier alpha value is -2.11.